The Hall–Kier alpha value is -0.490. The highest BCUT2D eigenvalue weighted by Crippen LogP contribution is 2.26. The number of piperidine rings is 1. The number of hydrogen-bond acceptors (Lipinski definition) is 3. The molecule has 0 spiro atoms. The van der Waals surface area contributed by atoms with Crippen molar-refractivity contribution in [2.24, 2.45) is 5.92 Å². The molecule has 1 heterocycles. The first kappa shape index (κ1) is 16.9. The summed E-state index contributed by atoms with van der Waals surface area (Å²) >= 11 is 11.8. The molecule has 2 rings (SSSR count). The highest BCUT2D eigenvalue weighted by Gasteiger charge is 2.26. The van der Waals surface area contributed by atoms with E-state index in [-0.39, 0.29) is 5.92 Å². The Morgan fingerprint density at radius 3 is 2.86 bits per heavy atom. The van der Waals surface area contributed by atoms with Crippen LogP contribution in [0.2, 0.25) is 5.02 Å². The third-order valence-electron chi connectivity index (χ3n) is 3.59. The topological polar surface area (TPSA) is 46.6 Å². The van der Waals surface area contributed by atoms with Crippen LogP contribution in [0.15, 0.2) is 18.2 Å². The number of benzene rings is 1. The molecule has 0 radical (unpaired) electrons. The molecule has 1 fully saturated rings. The Morgan fingerprint density at radius 1 is 1.43 bits per heavy atom. The van der Waals surface area contributed by atoms with Crippen LogP contribution in [0.5, 0.6) is 5.75 Å². The van der Waals surface area contributed by atoms with Crippen molar-refractivity contribution in [2.75, 3.05) is 26.0 Å². The number of sulfonamides is 1. The predicted molar refractivity (Wildman–Crippen MR) is 85.6 cm³/mol. The van der Waals surface area contributed by atoms with Crippen molar-refractivity contribution in [1.82, 2.24) is 4.31 Å². The van der Waals surface area contributed by atoms with Crippen molar-refractivity contribution in [3.63, 3.8) is 0 Å². The lowest BCUT2D eigenvalue weighted by Crippen LogP contribution is -2.40. The first-order chi connectivity index (χ1) is 9.90. The van der Waals surface area contributed by atoms with E-state index in [1.54, 1.807) is 18.2 Å². The van der Waals surface area contributed by atoms with Crippen LogP contribution >= 0.6 is 23.2 Å². The predicted octanol–water partition coefficient (Wildman–Crippen LogP) is 3.13. The Balaban J connectivity index is 1.97. The average Bonchev–Trinajstić information content (AvgIpc) is 2.45. The minimum Gasteiger partial charge on any atom is -0.493 e. The van der Waals surface area contributed by atoms with E-state index in [1.807, 2.05) is 0 Å². The van der Waals surface area contributed by atoms with Crippen LogP contribution in [0.3, 0.4) is 0 Å². The van der Waals surface area contributed by atoms with Crippen molar-refractivity contribution in [2.45, 2.75) is 18.7 Å². The van der Waals surface area contributed by atoms with Gasteiger partial charge in [0.25, 0.3) is 0 Å². The summed E-state index contributed by atoms with van der Waals surface area (Å²) in [5, 5.41) is 0.624. The molecule has 0 saturated carbocycles. The number of hydrogen-bond donors (Lipinski definition) is 0. The Bertz CT molecular complexity index is 592. The first-order valence-electron chi connectivity index (χ1n) is 6.82. The number of rotatable bonds is 5. The lowest BCUT2D eigenvalue weighted by Gasteiger charge is -2.30. The molecule has 118 valence electrons. The zero-order valence-electron chi connectivity index (χ0n) is 11.9. The van der Waals surface area contributed by atoms with Gasteiger partial charge in [0, 0.05) is 29.6 Å². The second-order valence-electron chi connectivity index (χ2n) is 5.33. The number of ether oxygens (including phenoxy) is 1. The molecule has 1 unspecified atom stereocenters. The molecule has 0 amide bonds. The SMILES string of the molecule is CS(=O)(=O)N1CCCC(COc2ccc(Cl)cc2CCl)C1. The van der Waals surface area contributed by atoms with E-state index in [4.69, 9.17) is 27.9 Å². The molecule has 0 bridgehead atoms. The second kappa shape index (κ2) is 7.18. The molecule has 1 atom stereocenters. The Morgan fingerprint density at radius 2 is 2.19 bits per heavy atom. The van der Waals surface area contributed by atoms with E-state index < -0.39 is 10.0 Å². The van der Waals surface area contributed by atoms with Crippen molar-refractivity contribution in [3.8, 4) is 5.75 Å². The second-order valence-corrected chi connectivity index (χ2v) is 8.01. The fourth-order valence-corrected chi connectivity index (χ4v) is 3.81. The Kier molecular flexibility index (Phi) is 5.77. The van der Waals surface area contributed by atoms with Crippen molar-refractivity contribution >= 4 is 33.2 Å². The molecular formula is C14H19Cl2NO3S. The maximum atomic E-state index is 11.6. The molecule has 1 aliphatic rings. The quantitative estimate of drug-likeness (QED) is 0.765. The zero-order valence-corrected chi connectivity index (χ0v) is 14.2. The third-order valence-corrected chi connectivity index (χ3v) is 5.38. The van der Waals surface area contributed by atoms with E-state index in [2.05, 4.69) is 0 Å². The normalized spacial score (nSPS) is 20.4. The molecule has 0 N–H and O–H groups in total. The molecular weight excluding hydrogens is 333 g/mol. The van der Waals surface area contributed by atoms with Crippen LogP contribution in [-0.2, 0) is 15.9 Å². The van der Waals surface area contributed by atoms with Gasteiger partial charge >= 0.3 is 0 Å². The molecule has 0 aliphatic carbocycles. The average molecular weight is 352 g/mol. The van der Waals surface area contributed by atoms with Crippen LogP contribution < -0.4 is 4.74 Å². The van der Waals surface area contributed by atoms with Crippen molar-refractivity contribution in [1.29, 1.82) is 0 Å². The molecule has 0 aromatic heterocycles. The maximum Gasteiger partial charge on any atom is 0.211 e. The summed E-state index contributed by atoms with van der Waals surface area (Å²) in [6, 6.07) is 5.35. The summed E-state index contributed by atoms with van der Waals surface area (Å²) in [6.45, 7) is 1.60. The molecule has 4 nitrogen and oxygen atoms in total. The number of halogens is 2. The molecule has 21 heavy (non-hydrogen) atoms. The van der Waals surface area contributed by atoms with Crippen molar-refractivity contribution in [3.05, 3.63) is 28.8 Å². The number of nitrogens with zero attached hydrogens (tertiary/aromatic N) is 1. The number of alkyl halides is 1. The smallest absolute Gasteiger partial charge is 0.211 e. The minimum absolute atomic E-state index is 0.201. The summed E-state index contributed by atoms with van der Waals surface area (Å²) < 4.78 is 30.5. The van der Waals surface area contributed by atoms with Gasteiger partial charge in [0.2, 0.25) is 10.0 Å². The standard InChI is InChI=1S/C14H19Cl2NO3S/c1-21(18,19)17-6-2-3-11(9-17)10-20-14-5-4-13(16)7-12(14)8-15/h4-5,7,11H,2-3,6,8-10H2,1H3. The zero-order chi connectivity index (χ0) is 15.5. The fourth-order valence-electron chi connectivity index (χ4n) is 2.47. The third kappa shape index (κ3) is 4.74. The van der Waals surface area contributed by atoms with E-state index in [9.17, 15) is 8.42 Å². The van der Waals surface area contributed by atoms with Gasteiger partial charge in [0.1, 0.15) is 5.75 Å². The lowest BCUT2D eigenvalue weighted by atomic mass is 10.0. The molecule has 1 saturated heterocycles. The summed E-state index contributed by atoms with van der Waals surface area (Å²) in [7, 11) is -3.12. The molecule has 1 aromatic rings. The van der Waals surface area contributed by atoms with E-state index in [1.165, 1.54) is 10.6 Å². The van der Waals surface area contributed by atoms with Gasteiger partial charge in [0.15, 0.2) is 0 Å². The van der Waals surface area contributed by atoms with Crippen LogP contribution in [-0.4, -0.2) is 38.7 Å². The van der Waals surface area contributed by atoms with Gasteiger partial charge in [-0.05, 0) is 31.0 Å². The highest BCUT2D eigenvalue weighted by atomic mass is 35.5. The molecule has 1 aliphatic heterocycles. The van der Waals surface area contributed by atoms with Gasteiger partial charge < -0.3 is 4.74 Å². The van der Waals surface area contributed by atoms with Gasteiger partial charge in [-0.3, -0.25) is 0 Å². The van der Waals surface area contributed by atoms with E-state index in [0.717, 1.165) is 18.4 Å². The minimum atomic E-state index is -3.12. The van der Waals surface area contributed by atoms with Crippen LogP contribution in [0, 0.1) is 5.92 Å². The maximum absolute atomic E-state index is 11.6. The van der Waals surface area contributed by atoms with Gasteiger partial charge in [-0.25, -0.2) is 12.7 Å². The van der Waals surface area contributed by atoms with Crippen LogP contribution in [0.1, 0.15) is 18.4 Å². The van der Waals surface area contributed by atoms with Crippen LogP contribution in [0.25, 0.3) is 0 Å². The highest BCUT2D eigenvalue weighted by molar-refractivity contribution is 7.88. The van der Waals surface area contributed by atoms with E-state index >= 15 is 0 Å². The lowest BCUT2D eigenvalue weighted by molar-refractivity contribution is 0.180. The first-order valence-corrected chi connectivity index (χ1v) is 9.58. The van der Waals surface area contributed by atoms with E-state index in [0.29, 0.717) is 36.3 Å². The summed E-state index contributed by atoms with van der Waals surface area (Å²) in [5.74, 6) is 1.24. The summed E-state index contributed by atoms with van der Waals surface area (Å²) in [5.41, 5.74) is 0.847. The fraction of sp³-hybridized carbons (Fsp3) is 0.571. The van der Waals surface area contributed by atoms with Gasteiger partial charge in [0.05, 0.1) is 18.7 Å². The van der Waals surface area contributed by atoms with Gasteiger partial charge in [-0.2, -0.15) is 0 Å². The largest absolute Gasteiger partial charge is 0.493 e. The Labute approximate surface area is 136 Å². The monoisotopic (exact) mass is 351 g/mol. The van der Waals surface area contributed by atoms with Crippen molar-refractivity contribution < 1.29 is 13.2 Å². The van der Waals surface area contributed by atoms with Crippen LogP contribution in [0.4, 0.5) is 0 Å². The molecule has 7 heteroatoms. The summed E-state index contributed by atoms with van der Waals surface area (Å²) in [6.07, 6.45) is 3.08. The van der Waals surface area contributed by atoms with Gasteiger partial charge in [-0.1, -0.05) is 11.6 Å². The van der Waals surface area contributed by atoms with Gasteiger partial charge in [-0.15, -0.1) is 11.6 Å². The summed E-state index contributed by atoms with van der Waals surface area (Å²) in [4.78, 5) is 0. The molecule has 1 aromatic carbocycles.